The van der Waals surface area contributed by atoms with Crippen LogP contribution >= 0.6 is 11.8 Å². The van der Waals surface area contributed by atoms with Crippen molar-refractivity contribution in [3.63, 3.8) is 0 Å². The fraction of sp³-hybridized carbons (Fsp3) is 0.259. The number of anilines is 1. The van der Waals surface area contributed by atoms with Crippen LogP contribution in [0.15, 0.2) is 84.9 Å². The van der Waals surface area contributed by atoms with Crippen molar-refractivity contribution in [1.82, 2.24) is 4.90 Å². The fourth-order valence-corrected chi connectivity index (χ4v) is 4.46. The van der Waals surface area contributed by atoms with Crippen LogP contribution in [0, 0.1) is 0 Å². The summed E-state index contributed by atoms with van der Waals surface area (Å²) >= 11 is 1.65. The van der Waals surface area contributed by atoms with E-state index in [0.717, 1.165) is 22.6 Å². The molecule has 4 nitrogen and oxygen atoms in total. The maximum absolute atomic E-state index is 13.6. The lowest BCUT2D eigenvalue weighted by atomic mass is 10.0. The molecule has 2 unspecified atom stereocenters. The van der Waals surface area contributed by atoms with Gasteiger partial charge in [-0.15, -0.1) is 11.8 Å². The third-order valence-electron chi connectivity index (χ3n) is 5.33. The summed E-state index contributed by atoms with van der Waals surface area (Å²) in [6.45, 7) is 6.05. The molecular weight excluding hydrogens is 416 g/mol. The highest BCUT2D eigenvalue weighted by atomic mass is 32.2. The number of carbonyl (C=O) groups is 2. The molecule has 0 spiro atoms. The molecular formula is C27H30N2O2S. The minimum atomic E-state index is -0.181. The van der Waals surface area contributed by atoms with Crippen molar-refractivity contribution in [2.45, 2.75) is 44.4 Å². The van der Waals surface area contributed by atoms with Gasteiger partial charge in [-0.05, 0) is 42.7 Å². The number of amides is 2. The maximum Gasteiger partial charge on any atom is 0.236 e. The summed E-state index contributed by atoms with van der Waals surface area (Å²) in [5.41, 5.74) is 4.02. The molecule has 2 amide bonds. The van der Waals surface area contributed by atoms with Crippen molar-refractivity contribution in [2.75, 3.05) is 5.32 Å². The first-order chi connectivity index (χ1) is 15.4. The van der Waals surface area contributed by atoms with Gasteiger partial charge < -0.3 is 10.2 Å². The van der Waals surface area contributed by atoms with E-state index in [1.54, 1.807) is 11.8 Å². The zero-order valence-electron chi connectivity index (χ0n) is 18.8. The molecule has 5 heteroatoms. The van der Waals surface area contributed by atoms with Crippen LogP contribution in [0.25, 0.3) is 0 Å². The van der Waals surface area contributed by atoms with Crippen molar-refractivity contribution in [3.05, 3.63) is 102 Å². The van der Waals surface area contributed by atoms with Crippen molar-refractivity contribution >= 4 is 29.3 Å². The van der Waals surface area contributed by atoms with Crippen LogP contribution < -0.4 is 5.32 Å². The van der Waals surface area contributed by atoms with Crippen LogP contribution in [-0.4, -0.2) is 22.0 Å². The summed E-state index contributed by atoms with van der Waals surface area (Å²) in [5, 5.41) is 2.65. The first-order valence-corrected chi connectivity index (χ1v) is 11.9. The molecule has 3 aromatic rings. The number of thioether (sulfide) groups is 1. The van der Waals surface area contributed by atoms with Gasteiger partial charge in [-0.1, -0.05) is 72.8 Å². The van der Waals surface area contributed by atoms with Gasteiger partial charge in [-0.25, -0.2) is 0 Å². The number of rotatable bonds is 9. The Morgan fingerprint density at radius 3 is 2.12 bits per heavy atom. The van der Waals surface area contributed by atoms with E-state index in [1.165, 1.54) is 12.5 Å². The Balaban J connectivity index is 1.80. The maximum atomic E-state index is 13.6. The molecule has 0 radical (unpaired) electrons. The van der Waals surface area contributed by atoms with Gasteiger partial charge in [0.1, 0.15) is 0 Å². The van der Waals surface area contributed by atoms with E-state index in [4.69, 9.17) is 0 Å². The van der Waals surface area contributed by atoms with Crippen molar-refractivity contribution < 1.29 is 9.59 Å². The number of benzene rings is 3. The minimum Gasteiger partial charge on any atom is -0.331 e. The van der Waals surface area contributed by atoms with Gasteiger partial charge in [0.25, 0.3) is 0 Å². The normalized spacial score (nSPS) is 12.6. The molecule has 0 fully saturated rings. The average Bonchev–Trinajstić information content (AvgIpc) is 2.81. The highest BCUT2D eigenvalue weighted by Crippen LogP contribution is 2.28. The summed E-state index contributed by atoms with van der Waals surface area (Å²) in [6.07, 6.45) is 0. The third kappa shape index (κ3) is 6.72. The molecule has 1 N–H and O–H groups in total. The molecule has 3 rings (SSSR count). The molecule has 0 bridgehead atoms. The zero-order chi connectivity index (χ0) is 22.9. The summed E-state index contributed by atoms with van der Waals surface area (Å²) in [4.78, 5) is 27.0. The number of nitrogens with one attached hydrogen (secondary N) is 1. The molecule has 0 aliphatic rings. The van der Waals surface area contributed by atoms with Gasteiger partial charge in [0.15, 0.2) is 0 Å². The molecule has 0 heterocycles. The molecule has 0 aromatic heterocycles. The van der Waals surface area contributed by atoms with Crippen molar-refractivity contribution in [1.29, 1.82) is 0 Å². The molecule has 0 aliphatic heterocycles. The summed E-state index contributed by atoms with van der Waals surface area (Å²) in [6, 6.07) is 27.8. The summed E-state index contributed by atoms with van der Waals surface area (Å²) in [5.74, 6) is 0.782. The first-order valence-electron chi connectivity index (χ1n) is 10.8. The average molecular weight is 447 g/mol. The second-order valence-electron chi connectivity index (χ2n) is 7.87. The van der Waals surface area contributed by atoms with E-state index in [0.29, 0.717) is 6.54 Å². The molecule has 32 heavy (non-hydrogen) atoms. The number of hydrogen-bond acceptors (Lipinski definition) is 3. The van der Waals surface area contributed by atoms with Gasteiger partial charge in [0, 0.05) is 24.9 Å². The lowest BCUT2D eigenvalue weighted by Crippen LogP contribution is -2.38. The Kier molecular flexibility index (Phi) is 8.51. The van der Waals surface area contributed by atoms with Gasteiger partial charge in [0.05, 0.1) is 11.3 Å². The van der Waals surface area contributed by atoms with E-state index in [1.807, 2.05) is 91.5 Å². The van der Waals surface area contributed by atoms with Gasteiger partial charge in [-0.2, -0.15) is 0 Å². The molecule has 0 saturated heterocycles. The molecule has 2 atom stereocenters. The molecule has 166 valence electrons. The molecule has 3 aromatic carbocycles. The Morgan fingerprint density at radius 2 is 1.50 bits per heavy atom. The highest BCUT2D eigenvalue weighted by molar-refractivity contribution is 7.99. The Bertz CT molecular complexity index is 1020. The Hall–Kier alpha value is -3.05. The fourth-order valence-electron chi connectivity index (χ4n) is 3.55. The first kappa shape index (κ1) is 23.6. The van der Waals surface area contributed by atoms with Gasteiger partial charge >= 0.3 is 0 Å². The van der Waals surface area contributed by atoms with Crippen LogP contribution in [0.3, 0.4) is 0 Å². The van der Waals surface area contributed by atoms with E-state index in [-0.39, 0.29) is 23.1 Å². The van der Waals surface area contributed by atoms with E-state index in [9.17, 15) is 9.59 Å². The molecule has 0 aliphatic carbocycles. The third-order valence-corrected chi connectivity index (χ3v) is 6.53. The lowest BCUT2D eigenvalue weighted by Gasteiger charge is -2.32. The number of nitrogens with zero attached hydrogens (tertiary/aromatic N) is 1. The smallest absolute Gasteiger partial charge is 0.236 e. The van der Waals surface area contributed by atoms with Crippen LogP contribution in [0.5, 0.6) is 0 Å². The summed E-state index contributed by atoms with van der Waals surface area (Å²) < 4.78 is 0. The lowest BCUT2D eigenvalue weighted by molar-refractivity contribution is -0.133. The van der Waals surface area contributed by atoms with Crippen LogP contribution in [0.1, 0.15) is 43.5 Å². The van der Waals surface area contributed by atoms with Crippen LogP contribution in [-0.2, 0) is 21.9 Å². The summed E-state index contributed by atoms with van der Waals surface area (Å²) in [7, 11) is 0. The van der Waals surface area contributed by atoms with Crippen molar-refractivity contribution in [2.24, 2.45) is 0 Å². The quantitative estimate of drug-likeness (QED) is 0.435. The molecule has 0 saturated carbocycles. The largest absolute Gasteiger partial charge is 0.331 e. The van der Waals surface area contributed by atoms with E-state index >= 15 is 0 Å². The van der Waals surface area contributed by atoms with Gasteiger partial charge in [-0.3, -0.25) is 9.59 Å². The van der Waals surface area contributed by atoms with Gasteiger partial charge in [0.2, 0.25) is 11.8 Å². The minimum absolute atomic E-state index is 0.104. The predicted molar refractivity (Wildman–Crippen MR) is 133 cm³/mol. The van der Waals surface area contributed by atoms with E-state index in [2.05, 4.69) is 17.4 Å². The van der Waals surface area contributed by atoms with Crippen LogP contribution in [0.2, 0.25) is 0 Å². The Labute approximate surface area is 195 Å². The topological polar surface area (TPSA) is 49.4 Å². The monoisotopic (exact) mass is 446 g/mol. The predicted octanol–water partition coefficient (Wildman–Crippen LogP) is 6.06. The second kappa shape index (κ2) is 11.5. The highest BCUT2D eigenvalue weighted by Gasteiger charge is 2.26. The SMILES string of the molecule is CC(=O)Nc1cccc(C(C)N(Cc2ccccc2)C(=O)C(C)SCc2ccccc2)c1. The zero-order valence-corrected chi connectivity index (χ0v) is 19.6. The standard InChI is InChI=1S/C27H30N2O2S/c1-20(25-15-10-16-26(17-25)28-22(3)30)29(18-23-11-6-4-7-12-23)27(31)21(2)32-19-24-13-8-5-9-14-24/h4-17,20-21H,18-19H2,1-3H3,(H,28,30). The number of carbonyl (C=O) groups excluding carboxylic acids is 2. The van der Waals surface area contributed by atoms with Crippen molar-refractivity contribution in [3.8, 4) is 0 Å². The second-order valence-corrected chi connectivity index (χ2v) is 9.20. The Morgan fingerprint density at radius 1 is 0.875 bits per heavy atom. The van der Waals surface area contributed by atoms with E-state index < -0.39 is 0 Å². The number of hydrogen-bond donors (Lipinski definition) is 1. The van der Waals surface area contributed by atoms with Crippen LogP contribution in [0.4, 0.5) is 5.69 Å².